The average molecular weight is 714 g/mol. The van der Waals surface area contributed by atoms with E-state index >= 15 is 4.79 Å². The molecule has 1 unspecified atom stereocenters. The number of amides is 5. The largest absolute Gasteiger partial charge is 0.346 e. The first-order valence-corrected chi connectivity index (χ1v) is 19.4. The van der Waals surface area contributed by atoms with Gasteiger partial charge in [-0.05, 0) is 79.4 Å². The molecule has 2 saturated carbocycles. The Labute approximate surface area is 302 Å². The minimum absolute atomic E-state index is 0.140. The lowest BCUT2D eigenvalue weighted by Crippen LogP contribution is -2.83. The maximum Gasteiger partial charge on any atom is 0.289 e. The maximum absolute atomic E-state index is 15.1. The fourth-order valence-corrected chi connectivity index (χ4v) is 9.61. The number of nitrogens with one attached hydrogen (secondary N) is 3. The number of thiophene rings is 1. The Morgan fingerprint density at radius 3 is 2.33 bits per heavy atom. The van der Waals surface area contributed by atoms with Crippen LogP contribution in [0.2, 0.25) is 0 Å². The highest BCUT2D eigenvalue weighted by atomic mass is 32.1. The molecule has 7 rings (SSSR count). The molecule has 5 amide bonds. The molecule has 270 valence electrons. The van der Waals surface area contributed by atoms with E-state index in [1.165, 1.54) is 17.4 Å². The molecule has 4 fully saturated rings. The van der Waals surface area contributed by atoms with Gasteiger partial charge in [0.25, 0.3) is 11.8 Å². The van der Waals surface area contributed by atoms with Crippen molar-refractivity contribution in [2.24, 2.45) is 11.8 Å². The summed E-state index contributed by atoms with van der Waals surface area (Å²) in [5, 5.41) is 10.3. The molecular weight excluding hydrogens is 667 g/mol. The Kier molecular flexibility index (Phi) is 10.1. The van der Waals surface area contributed by atoms with Crippen molar-refractivity contribution in [2.45, 2.75) is 107 Å². The zero-order valence-corrected chi connectivity index (χ0v) is 29.8. The van der Waals surface area contributed by atoms with E-state index in [0.717, 1.165) is 43.2 Å². The molecule has 1 aromatic carbocycles. The highest BCUT2D eigenvalue weighted by Gasteiger charge is 2.65. The number of hydrogen-bond donors (Lipinski definition) is 3. The Hall–Kier alpha value is -4.32. The first-order valence-electron chi connectivity index (χ1n) is 18.5. The van der Waals surface area contributed by atoms with Gasteiger partial charge in [0.2, 0.25) is 23.5 Å². The Bertz CT molecular complexity index is 1670. The second-order valence-corrected chi connectivity index (χ2v) is 15.9. The Morgan fingerprint density at radius 1 is 0.961 bits per heavy atom. The predicted octanol–water partition coefficient (Wildman–Crippen LogP) is 3.32. The van der Waals surface area contributed by atoms with E-state index in [9.17, 15) is 24.0 Å². The van der Waals surface area contributed by atoms with Crippen LogP contribution in [-0.2, 0) is 36.8 Å². The first kappa shape index (κ1) is 35.1. The number of carbonyl (C=O) groups is 6. The molecule has 1 aromatic heterocycles. The highest BCUT2D eigenvalue weighted by molar-refractivity contribution is 7.12. The van der Waals surface area contributed by atoms with Gasteiger partial charge in [0.05, 0.1) is 16.5 Å². The van der Waals surface area contributed by atoms with E-state index in [4.69, 9.17) is 0 Å². The van der Waals surface area contributed by atoms with Crippen molar-refractivity contribution in [3.8, 4) is 0 Å². The van der Waals surface area contributed by atoms with E-state index in [-0.39, 0.29) is 36.1 Å². The van der Waals surface area contributed by atoms with Crippen LogP contribution in [0, 0.1) is 11.8 Å². The van der Waals surface area contributed by atoms with Crippen molar-refractivity contribution < 1.29 is 28.8 Å². The molecule has 3 N–H and O–H groups in total. The molecule has 2 saturated heterocycles. The maximum atomic E-state index is 15.1. The van der Waals surface area contributed by atoms with Gasteiger partial charge in [0.15, 0.2) is 0 Å². The van der Waals surface area contributed by atoms with Crippen molar-refractivity contribution in [3.63, 3.8) is 0 Å². The molecule has 12 heteroatoms. The number of Topliss-reactive ketones (excluding diaryl/α,β-unsaturated/α-hetero) is 1. The van der Waals surface area contributed by atoms with E-state index in [0.29, 0.717) is 56.4 Å². The fourth-order valence-electron chi connectivity index (χ4n) is 8.98. The van der Waals surface area contributed by atoms with E-state index in [1.54, 1.807) is 15.9 Å². The number of benzene rings is 1. The summed E-state index contributed by atoms with van der Waals surface area (Å²) in [6.07, 6.45) is 10.1. The summed E-state index contributed by atoms with van der Waals surface area (Å²) in [5.74, 6) is -2.65. The van der Waals surface area contributed by atoms with Gasteiger partial charge in [-0.2, -0.15) is 0 Å². The number of likely N-dealkylation sites (tertiary alicyclic amines) is 2. The average Bonchev–Trinajstić information content (AvgIpc) is 3.52. The van der Waals surface area contributed by atoms with Crippen LogP contribution in [0.5, 0.6) is 0 Å². The van der Waals surface area contributed by atoms with Gasteiger partial charge in [-0.25, -0.2) is 0 Å². The number of hydrogen-bond acceptors (Lipinski definition) is 7. The fraction of sp³-hybridized carbons (Fsp3) is 0.538. The van der Waals surface area contributed by atoms with Crippen LogP contribution in [0.1, 0.15) is 85.0 Å². The second-order valence-electron chi connectivity index (χ2n) is 14.9. The molecule has 3 aliphatic carbocycles. The van der Waals surface area contributed by atoms with Crippen LogP contribution in [0.4, 0.5) is 0 Å². The summed E-state index contributed by atoms with van der Waals surface area (Å²) in [7, 11) is 0. The number of fused-ring (bicyclic) bond motifs is 1. The molecule has 5 aliphatic rings. The number of ketones is 1. The van der Waals surface area contributed by atoms with Crippen molar-refractivity contribution in [1.29, 1.82) is 0 Å². The van der Waals surface area contributed by atoms with Gasteiger partial charge in [-0.3, -0.25) is 28.8 Å². The third-order valence-corrected chi connectivity index (χ3v) is 12.5. The lowest BCUT2D eigenvalue weighted by Gasteiger charge is -2.62. The van der Waals surface area contributed by atoms with E-state index < -0.39 is 47.3 Å². The smallest absolute Gasteiger partial charge is 0.289 e. The number of rotatable bonds is 13. The zero-order chi connectivity index (χ0) is 35.7. The van der Waals surface area contributed by atoms with Gasteiger partial charge >= 0.3 is 0 Å². The molecule has 4 atom stereocenters. The van der Waals surface area contributed by atoms with Crippen LogP contribution in [0.15, 0.2) is 54.4 Å². The molecule has 2 aliphatic heterocycles. The Morgan fingerprint density at radius 2 is 1.69 bits per heavy atom. The van der Waals surface area contributed by atoms with Crippen LogP contribution in [0.25, 0.3) is 0 Å². The summed E-state index contributed by atoms with van der Waals surface area (Å²) >= 11 is 1.32. The summed E-state index contributed by atoms with van der Waals surface area (Å²) in [6, 6.07) is 8.31. The van der Waals surface area contributed by atoms with Crippen LogP contribution < -0.4 is 16.0 Å². The topological polar surface area (TPSA) is 145 Å². The number of carbonyl (C=O) groups excluding carboxylic acids is 6. The molecule has 11 nitrogen and oxygen atoms in total. The van der Waals surface area contributed by atoms with Crippen LogP contribution >= 0.6 is 11.3 Å². The standard InChI is InChI=1S/C39H47N5O6S/c1-2-18-40-36(48)32(45)28(21-24-14-15-24)41-34(46)29-12-8-19-43(29)37(49)31(27-22-25-10-4-5-11-26(25)23-27)44-38(50)33(39(44)16-6-3-7-17-39)42-35(47)30-13-9-20-51-30/h2,4-5,9-11,13,20,24,27-29,31,33H,1,3,6-8,12,14-19,21-23H2,(H,40,48)(H,41,46)(H,42,47)/t28?,29-,31-,33+/m0/s1. The summed E-state index contributed by atoms with van der Waals surface area (Å²) in [4.78, 5) is 86.5. The van der Waals surface area contributed by atoms with Crippen LogP contribution in [-0.4, -0.2) is 87.9 Å². The lowest BCUT2D eigenvalue weighted by atomic mass is 9.66. The highest BCUT2D eigenvalue weighted by Crippen LogP contribution is 2.48. The molecule has 51 heavy (non-hydrogen) atoms. The van der Waals surface area contributed by atoms with Crippen LogP contribution in [0.3, 0.4) is 0 Å². The number of nitrogens with zero attached hydrogens (tertiary/aromatic N) is 2. The van der Waals surface area contributed by atoms with Gasteiger partial charge < -0.3 is 25.8 Å². The minimum atomic E-state index is -0.984. The second kappa shape index (κ2) is 14.7. The summed E-state index contributed by atoms with van der Waals surface area (Å²) < 4.78 is 0. The molecule has 3 heterocycles. The molecule has 0 radical (unpaired) electrons. The van der Waals surface area contributed by atoms with Gasteiger partial charge in [-0.1, -0.05) is 68.5 Å². The third-order valence-electron chi connectivity index (χ3n) is 11.7. The van der Waals surface area contributed by atoms with Gasteiger partial charge in [0.1, 0.15) is 18.1 Å². The monoisotopic (exact) mass is 713 g/mol. The molecule has 0 bridgehead atoms. The van der Waals surface area contributed by atoms with Crippen molar-refractivity contribution in [3.05, 3.63) is 70.4 Å². The molecule has 1 spiro atoms. The normalized spacial score (nSPS) is 23.6. The quantitative estimate of drug-likeness (QED) is 0.165. The third kappa shape index (κ3) is 6.86. The van der Waals surface area contributed by atoms with Crippen molar-refractivity contribution >= 4 is 46.7 Å². The van der Waals surface area contributed by atoms with Gasteiger partial charge in [0, 0.05) is 13.1 Å². The minimum Gasteiger partial charge on any atom is -0.346 e. The predicted molar refractivity (Wildman–Crippen MR) is 192 cm³/mol. The SMILES string of the molecule is C=CCNC(=O)C(=O)C(CC1CC1)NC(=O)[C@@H]1CCCN1C(=O)[C@H](C1Cc2ccccc2C1)N1C(=O)[C@@H](NC(=O)c2cccs2)C12CCCCC2. The van der Waals surface area contributed by atoms with Crippen molar-refractivity contribution in [2.75, 3.05) is 13.1 Å². The van der Waals surface area contributed by atoms with Gasteiger partial charge in [-0.15, -0.1) is 17.9 Å². The van der Waals surface area contributed by atoms with E-state index in [1.807, 2.05) is 23.6 Å². The molecule has 2 aromatic rings. The number of β-lactam (4-membered cyclic amide) rings is 1. The zero-order valence-electron chi connectivity index (χ0n) is 28.9. The first-order chi connectivity index (χ1) is 24.7. The summed E-state index contributed by atoms with van der Waals surface area (Å²) in [6.45, 7) is 4.07. The molecular formula is C39H47N5O6S. The Balaban J connectivity index is 1.16. The van der Waals surface area contributed by atoms with E-state index in [2.05, 4.69) is 34.7 Å². The van der Waals surface area contributed by atoms with Crippen molar-refractivity contribution in [1.82, 2.24) is 25.8 Å². The summed E-state index contributed by atoms with van der Waals surface area (Å²) in [5.41, 5.74) is 1.61. The lowest BCUT2D eigenvalue weighted by molar-refractivity contribution is -0.183.